The molecule has 0 aromatic carbocycles. The Labute approximate surface area is 43.3 Å². The van der Waals surface area contributed by atoms with Crippen LogP contribution in [0, 0.1) is 0 Å². The van der Waals surface area contributed by atoms with Gasteiger partial charge < -0.3 is 0 Å². The van der Waals surface area contributed by atoms with Gasteiger partial charge in [-0.2, -0.15) is 0 Å². The van der Waals surface area contributed by atoms with Crippen LogP contribution in [0.5, 0.6) is 0 Å². The topological polar surface area (TPSA) is 46.5 Å². The van der Waals surface area contributed by atoms with Crippen LogP contribution in [0.2, 0.25) is 0 Å². The summed E-state index contributed by atoms with van der Waals surface area (Å²) in [6.45, 7) is 0. The van der Waals surface area contributed by atoms with E-state index in [-0.39, 0.29) is 19.5 Å². The fourth-order valence-electron chi connectivity index (χ4n) is 0. The average molecular weight is 146 g/mol. The molecular weight excluding hydrogens is 144 g/mol. The summed E-state index contributed by atoms with van der Waals surface area (Å²) in [6, 6.07) is 0. The van der Waals surface area contributed by atoms with E-state index in [2.05, 4.69) is 4.67 Å². The molecule has 0 rings (SSSR count). The molecule has 0 radical (unpaired) electrons. The van der Waals surface area contributed by atoms with Gasteiger partial charge in [-0.15, -0.1) is 0 Å². The molecule has 3 nitrogen and oxygen atoms in total. The molecule has 0 amide bonds. The van der Waals surface area contributed by atoms with Crippen LogP contribution in [-0.2, 0) is 28.7 Å². The Morgan fingerprint density at radius 2 is 2.00 bits per heavy atom. The molecule has 5 heteroatoms. The summed E-state index contributed by atoms with van der Waals surface area (Å²) in [4.78, 5) is 0. The van der Waals surface area contributed by atoms with E-state index in [9.17, 15) is 0 Å². The quantitative estimate of drug-likeness (QED) is 0.252. The minimum absolute atomic E-state index is 0. The van der Waals surface area contributed by atoms with Crippen LogP contribution in [0.25, 0.3) is 0 Å². The second-order valence-electron chi connectivity index (χ2n) is 0.175. The Bertz CT molecular complexity index is 20.9. The number of hydrogen-bond acceptors (Lipinski definition) is 3. The van der Waals surface area contributed by atoms with Crippen molar-refractivity contribution in [3.8, 4) is 0 Å². The van der Waals surface area contributed by atoms with Gasteiger partial charge in [0.2, 0.25) is 0 Å². The Morgan fingerprint density at radius 1 is 1.80 bits per heavy atom. The SMILES string of the molecule is O=[PH+]OO.[Zn]. The van der Waals surface area contributed by atoms with Gasteiger partial charge in [-0.3, -0.25) is 0 Å². The molecule has 0 heterocycles. The predicted molar refractivity (Wildman–Crippen MR) is 12.7 cm³/mol. The first kappa shape index (κ1) is 9.17. The summed E-state index contributed by atoms with van der Waals surface area (Å²) < 4.78 is 11.9. The van der Waals surface area contributed by atoms with Gasteiger partial charge >= 0.3 is 8.69 Å². The first-order valence-corrected chi connectivity index (χ1v) is 1.41. The molecule has 0 aliphatic carbocycles. The maximum atomic E-state index is 8.85. The van der Waals surface area contributed by atoms with E-state index in [1.807, 2.05) is 0 Å². The zero-order chi connectivity index (χ0) is 3.41. The van der Waals surface area contributed by atoms with Gasteiger partial charge in [0.15, 0.2) is 0 Å². The van der Waals surface area contributed by atoms with Gasteiger partial charge in [0.25, 0.3) is 0 Å². The van der Waals surface area contributed by atoms with Gasteiger partial charge in [-0.05, 0) is 4.57 Å². The summed E-state index contributed by atoms with van der Waals surface area (Å²) >= 11 is 0. The van der Waals surface area contributed by atoms with E-state index >= 15 is 0 Å². The normalized spacial score (nSPS) is 6.60. The minimum Gasteiger partial charge on any atom is -0.205 e. The van der Waals surface area contributed by atoms with E-state index in [0.717, 1.165) is 0 Å². The van der Waals surface area contributed by atoms with Crippen LogP contribution in [0.3, 0.4) is 0 Å². The second kappa shape index (κ2) is 8.82. The van der Waals surface area contributed by atoms with Crippen LogP contribution in [0.15, 0.2) is 0 Å². The van der Waals surface area contributed by atoms with Crippen molar-refractivity contribution in [3.63, 3.8) is 0 Å². The summed E-state index contributed by atoms with van der Waals surface area (Å²) in [5.74, 6) is 0. The average Bonchev–Trinajstić information content (AvgIpc) is 1.37. The van der Waals surface area contributed by atoms with Crippen molar-refractivity contribution >= 4 is 8.69 Å². The van der Waals surface area contributed by atoms with Crippen LogP contribution in [0.4, 0.5) is 0 Å². The third kappa shape index (κ3) is 12.0. The number of rotatable bonds is 1. The van der Waals surface area contributed by atoms with Crippen LogP contribution in [-0.4, -0.2) is 5.26 Å². The van der Waals surface area contributed by atoms with E-state index < -0.39 is 8.69 Å². The molecule has 0 aliphatic rings. The van der Waals surface area contributed by atoms with Crippen molar-refractivity contribution in [2.24, 2.45) is 0 Å². The molecule has 0 saturated heterocycles. The smallest absolute Gasteiger partial charge is 0.205 e. The van der Waals surface area contributed by atoms with Crippen molar-refractivity contribution in [1.29, 1.82) is 0 Å². The largest absolute Gasteiger partial charge is 0.526 e. The van der Waals surface area contributed by atoms with Crippen LogP contribution < -0.4 is 0 Å². The van der Waals surface area contributed by atoms with Crippen molar-refractivity contribution in [2.75, 3.05) is 0 Å². The molecule has 1 atom stereocenters. The summed E-state index contributed by atoms with van der Waals surface area (Å²) in [5.41, 5.74) is 0. The molecule has 0 aromatic rings. The second-order valence-corrected chi connectivity index (χ2v) is 0.524. The summed E-state index contributed by atoms with van der Waals surface area (Å²) in [7, 11) is -1.05. The van der Waals surface area contributed by atoms with Crippen molar-refractivity contribution < 1.29 is 34.0 Å². The van der Waals surface area contributed by atoms with Gasteiger partial charge in [-0.1, -0.05) is 0 Å². The van der Waals surface area contributed by atoms with Crippen molar-refractivity contribution in [2.45, 2.75) is 0 Å². The van der Waals surface area contributed by atoms with Gasteiger partial charge in [0, 0.05) is 24.2 Å². The molecule has 5 heavy (non-hydrogen) atoms. The maximum Gasteiger partial charge on any atom is 0.526 e. The third-order valence-corrected chi connectivity index (χ3v) is 0.112. The Morgan fingerprint density at radius 3 is 2.00 bits per heavy atom. The van der Waals surface area contributed by atoms with Crippen molar-refractivity contribution in [1.82, 2.24) is 0 Å². The van der Waals surface area contributed by atoms with Crippen LogP contribution in [0.1, 0.15) is 0 Å². The van der Waals surface area contributed by atoms with E-state index in [0.29, 0.717) is 0 Å². The van der Waals surface area contributed by atoms with Gasteiger partial charge in [-0.25, -0.2) is 5.26 Å². The molecule has 0 spiro atoms. The Kier molecular flexibility index (Phi) is 16.2. The number of hydrogen-bond donors (Lipinski definition) is 1. The zero-order valence-electron chi connectivity index (χ0n) is 2.47. The summed E-state index contributed by atoms with van der Waals surface area (Å²) in [5, 5.41) is 7.07. The van der Waals surface area contributed by atoms with Gasteiger partial charge in [0.1, 0.15) is 0 Å². The molecule has 0 aromatic heterocycles. The molecule has 0 bridgehead atoms. The first-order chi connectivity index (χ1) is 1.91. The molecule has 0 fully saturated rings. The first-order valence-electron chi connectivity index (χ1n) is 0.591. The Balaban J connectivity index is 0. The minimum atomic E-state index is -1.05. The molecule has 0 aliphatic heterocycles. The molecule has 0 saturated carbocycles. The molecule has 1 N–H and O–H groups in total. The maximum absolute atomic E-state index is 8.85. The van der Waals surface area contributed by atoms with Crippen molar-refractivity contribution in [3.05, 3.63) is 0 Å². The third-order valence-electron chi connectivity index (χ3n) is 0.0373. The fourth-order valence-corrected chi connectivity index (χ4v) is 0. The van der Waals surface area contributed by atoms with E-state index in [1.54, 1.807) is 0 Å². The Hall–Kier alpha value is 0.643. The standard InChI is InChI=1S/HO3P.Zn/c1-3-4-2;/h4H;/p+1. The molecule has 26 valence electrons. The molecule has 1 unspecified atom stereocenters. The van der Waals surface area contributed by atoms with E-state index in [1.165, 1.54) is 0 Å². The van der Waals surface area contributed by atoms with Crippen LogP contribution >= 0.6 is 8.69 Å². The predicted octanol–water partition coefficient (Wildman–Crippen LogP) is 0.412. The monoisotopic (exact) mass is 145 g/mol. The van der Waals surface area contributed by atoms with E-state index in [4.69, 9.17) is 9.82 Å². The zero-order valence-corrected chi connectivity index (χ0v) is 6.44. The fraction of sp³-hybridized carbons (Fsp3) is 0. The summed E-state index contributed by atoms with van der Waals surface area (Å²) in [6.07, 6.45) is 0. The molecular formula is H2O3PZn+. The van der Waals surface area contributed by atoms with Gasteiger partial charge in [0.05, 0.1) is 0 Å².